The number of halogens is 2. The molecule has 18 heavy (non-hydrogen) atoms. The van der Waals surface area contributed by atoms with Gasteiger partial charge in [0.15, 0.2) is 11.6 Å². The van der Waals surface area contributed by atoms with E-state index in [-0.39, 0.29) is 0 Å². The molecule has 2 N–H and O–H groups in total. The maximum atomic E-state index is 13.1. The van der Waals surface area contributed by atoms with Gasteiger partial charge in [0.2, 0.25) is 0 Å². The smallest absolute Gasteiger partial charge is 0.159 e. The van der Waals surface area contributed by atoms with Gasteiger partial charge >= 0.3 is 0 Å². The lowest BCUT2D eigenvalue weighted by atomic mass is 10.1. The van der Waals surface area contributed by atoms with E-state index < -0.39 is 11.6 Å². The summed E-state index contributed by atoms with van der Waals surface area (Å²) in [7, 11) is 0. The van der Waals surface area contributed by atoms with Gasteiger partial charge < -0.3 is 10.3 Å². The fourth-order valence-corrected chi connectivity index (χ4v) is 1.56. The molecular formula is C13H15F2N3. The highest BCUT2D eigenvalue weighted by atomic mass is 19.2. The quantitative estimate of drug-likeness (QED) is 0.877. The van der Waals surface area contributed by atoms with E-state index in [0.717, 1.165) is 18.0 Å². The van der Waals surface area contributed by atoms with Crippen molar-refractivity contribution in [3.05, 3.63) is 41.9 Å². The molecule has 5 heteroatoms. The van der Waals surface area contributed by atoms with E-state index in [4.69, 9.17) is 0 Å². The first kappa shape index (κ1) is 12.7. The third-order valence-corrected chi connectivity index (χ3v) is 2.54. The lowest BCUT2D eigenvalue weighted by Gasteiger charge is -2.05. The molecule has 0 spiro atoms. The first-order valence-corrected chi connectivity index (χ1v) is 5.79. The van der Waals surface area contributed by atoms with Crippen molar-refractivity contribution in [3.8, 4) is 11.3 Å². The summed E-state index contributed by atoms with van der Waals surface area (Å²) >= 11 is 0. The summed E-state index contributed by atoms with van der Waals surface area (Å²) in [4.78, 5) is 7.25. The molecule has 0 aliphatic rings. The maximum Gasteiger partial charge on any atom is 0.159 e. The average Bonchev–Trinajstić information content (AvgIpc) is 2.79. The van der Waals surface area contributed by atoms with Gasteiger partial charge in [0.25, 0.3) is 0 Å². The number of imidazole rings is 1. The van der Waals surface area contributed by atoms with Gasteiger partial charge in [-0.3, -0.25) is 0 Å². The molecule has 2 rings (SSSR count). The molecule has 0 aliphatic carbocycles. The molecule has 0 amide bonds. The van der Waals surface area contributed by atoms with Crippen LogP contribution in [0.4, 0.5) is 8.78 Å². The minimum atomic E-state index is -0.857. The zero-order chi connectivity index (χ0) is 13.1. The summed E-state index contributed by atoms with van der Waals surface area (Å²) in [5.41, 5.74) is 1.26. The number of aromatic amines is 1. The van der Waals surface area contributed by atoms with Gasteiger partial charge in [-0.05, 0) is 18.2 Å². The molecule has 1 aromatic carbocycles. The topological polar surface area (TPSA) is 40.7 Å². The Morgan fingerprint density at radius 1 is 1.28 bits per heavy atom. The molecule has 0 bridgehead atoms. The molecular weight excluding hydrogens is 236 g/mol. The van der Waals surface area contributed by atoms with Gasteiger partial charge in [-0.1, -0.05) is 13.8 Å². The molecule has 1 heterocycles. The number of H-pyrrole nitrogens is 1. The molecule has 2 aromatic rings. The summed E-state index contributed by atoms with van der Waals surface area (Å²) in [6.07, 6.45) is 1.62. The van der Waals surface area contributed by atoms with Gasteiger partial charge in [0, 0.05) is 11.6 Å². The highest BCUT2D eigenvalue weighted by molar-refractivity contribution is 5.58. The summed E-state index contributed by atoms with van der Waals surface area (Å²) in [5, 5.41) is 3.22. The molecule has 0 radical (unpaired) electrons. The minimum Gasteiger partial charge on any atom is -0.341 e. The predicted molar refractivity (Wildman–Crippen MR) is 65.9 cm³/mol. The van der Waals surface area contributed by atoms with Gasteiger partial charge in [0.05, 0.1) is 18.4 Å². The largest absolute Gasteiger partial charge is 0.341 e. The standard InChI is InChI=1S/C13H15F2N3/c1-8(2)16-7-13-17-6-12(18-13)9-3-4-10(14)11(15)5-9/h3-6,8,16H,7H2,1-2H3,(H,17,18). The fourth-order valence-electron chi connectivity index (χ4n) is 1.56. The van der Waals surface area contributed by atoms with E-state index in [2.05, 4.69) is 15.3 Å². The average molecular weight is 251 g/mol. The van der Waals surface area contributed by atoms with Crippen molar-refractivity contribution in [1.29, 1.82) is 0 Å². The van der Waals surface area contributed by atoms with Crippen LogP contribution in [0, 0.1) is 11.6 Å². The minimum absolute atomic E-state index is 0.363. The highest BCUT2D eigenvalue weighted by Crippen LogP contribution is 2.19. The number of hydrogen-bond acceptors (Lipinski definition) is 2. The number of aromatic nitrogens is 2. The molecule has 1 aromatic heterocycles. The highest BCUT2D eigenvalue weighted by Gasteiger charge is 2.07. The van der Waals surface area contributed by atoms with Crippen LogP contribution in [0.3, 0.4) is 0 Å². The SMILES string of the molecule is CC(C)NCc1ncc(-c2ccc(F)c(F)c2)[nH]1. The Morgan fingerprint density at radius 3 is 2.72 bits per heavy atom. The predicted octanol–water partition coefficient (Wildman–Crippen LogP) is 2.85. The van der Waals surface area contributed by atoms with E-state index in [1.54, 1.807) is 6.20 Å². The monoisotopic (exact) mass is 251 g/mol. The summed E-state index contributed by atoms with van der Waals surface area (Å²) < 4.78 is 25.9. The Kier molecular flexibility index (Phi) is 3.72. The summed E-state index contributed by atoms with van der Waals surface area (Å²) in [6, 6.07) is 4.15. The fraction of sp³-hybridized carbons (Fsp3) is 0.308. The third-order valence-electron chi connectivity index (χ3n) is 2.54. The Bertz CT molecular complexity index is 535. The number of hydrogen-bond donors (Lipinski definition) is 2. The van der Waals surface area contributed by atoms with Crippen LogP contribution in [-0.2, 0) is 6.54 Å². The third kappa shape index (κ3) is 2.92. The molecule has 0 unspecified atom stereocenters. The first-order chi connectivity index (χ1) is 8.56. The second kappa shape index (κ2) is 5.27. The lowest BCUT2D eigenvalue weighted by molar-refractivity contribution is 0.509. The number of benzene rings is 1. The maximum absolute atomic E-state index is 13.1. The lowest BCUT2D eigenvalue weighted by Crippen LogP contribution is -2.22. The van der Waals surface area contributed by atoms with Crippen molar-refractivity contribution < 1.29 is 8.78 Å². The van der Waals surface area contributed by atoms with Crippen LogP contribution >= 0.6 is 0 Å². The summed E-state index contributed by atoms with van der Waals surface area (Å²) in [5.74, 6) is -0.938. The van der Waals surface area contributed by atoms with Crippen molar-refractivity contribution in [1.82, 2.24) is 15.3 Å². The Morgan fingerprint density at radius 2 is 2.06 bits per heavy atom. The van der Waals surface area contributed by atoms with E-state index >= 15 is 0 Å². The Balaban J connectivity index is 2.16. The van der Waals surface area contributed by atoms with Gasteiger partial charge in [-0.2, -0.15) is 0 Å². The molecule has 0 atom stereocenters. The van der Waals surface area contributed by atoms with E-state index in [1.165, 1.54) is 6.07 Å². The first-order valence-electron chi connectivity index (χ1n) is 5.79. The van der Waals surface area contributed by atoms with Crippen molar-refractivity contribution in [2.45, 2.75) is 26.4 Å². The van der Waals surface area contributed by atoms with Crippen molar-refractivity contribution in [2.75, 3.05) is 0 Å². The molecule has 0 saturated carbocycles. The van der Waals surface area contributed by atoms with E-state index in [1.807, 2.05) is 13.8 Å². The van der Waals surface area contributed by atoms with Crippen LogP contribution in [0.1, 0.15) is 19.7 Å². The molecule has 0 aliphatic heterocycles. The van der Waals surface area contributed by atoms with Crippen LogP contribution < -0.4 is 5.32 Å². The number of nitrogens with zero attached hydrogens (tertiary/aromatic N) is 1. The number of nitrogens with one attached hydrogen (secondary N) is 2. The second-order valence-electron chi connectivity index (χ2n) is 4.41. The molecule has 0 fully saturated rings. The summed E-state index contributed by atoms with van der Waals surface area (Å²) in [6.45, 7) is 4.69. The van der Waals surface area contributed by atoms with E-state index in [0.29, 0.717) is 23.8 Å². The van der Waals surface area contributed by atoms with Crippen LogP contribution in [0.15, 0.2) is 24.4 Å². The Labute approximate surface area is 104 Å². The molecule has 0 saturated heterocycles. The van der Waals surface area contributed by atoms with Crippen molar-refractivity contribution in [2.24, 2.45) is 0 Å². The van der Waals surface area contributed by atoms with Crippen LogP contribution in [-0.4, -0.2) is 16.0 Å². The zero-order valence-corrected chi connectivity index (χ0v) is 10.3. The van der Waals surface area contributed by atoms with Gasteiger partial charge in [-0.15, -0.1) is 0 Å². The Hall–Kier alpha value is -1.75. The number of rotatable bonds is 4. The molecule has 96 valence electrons. The van der Waals surface area contributed by atoms with Gasteiger partial charge in [0.1, 0.15) is 5.82 Å². The molecule has 3 nitrogen and oxygen atoms in total. The van der Waals surface area contributed by atoms with Crippen molar-refractivity contribution in [3.63, 3.8) is 0 Å². The van der Waals surface area contributed by atoms with Crippen LogP contribution in [0.25, 0.3) is 11.3 Å². The van der Waals surface area contributed by atoms with Crippen LogP contribution in [0.5, 0.6) is 0 Å². The normalized spacial score (nSPS) is 11.2. The van der Waals surface area contributed by atoms with Crippen LogP contribution in [0.2, 0.25) is 0 Å². The van der Waals surface area contributed by atoms with E-state index in [9.17, 15) is 8.78 Å². The second-order valence-corrected chi connectivity index (χ2v) is 4.41. The van der Waals surface area contributed by atoms with Gasteiger partial charge in [-0.25, -0.2) is 13.8 Å². The van der Waals surface area contributed by atoms with Crippen molar-refractivity contribution >= 4 is 0 Å². The zero-order valence-electron chi connectivity index (χ0n) is 10.3.